The van der Waals surface area contributed by atoms with Crippen molar-refractivity contribution in [2.24, 2.45) is 0 Å². The molecule has 0 saturated heterocycles. The second kappa shape index (κ2) is 5.63. The zero-order valence-electron chi connectivity index (χ0n) is 8.96. The van der Waals surface area contributed by atoms with Crippen molar-refractivity contribution in [1.29, 1.82) is 0 Å². The van der Waals surface area contributed by atoms with E-state index in [1.807, 2.05) is 0 Å². The van der Waals surface area contributed by atoms with E-state index in [2.05, 4.69) is 20.9 Å². The predicted octanol–water partition coefficient (Wildman–Crippen LogP) is 4.65. The molecule has 2 nitrogen and oxygen atoms in total. The van der Waals surface area contributed by atoms with Gasteiger partial charge in [-0.25, -0.2) is 13.8 Å². The van der Waals surface area contributed by atoms with Crippen LogP contribution in [0.5, 0.6) is 11.6 Å². The molecule has 0 saturated carbocycles. The predicted molar refractivity (Wildman–Crippen MR) is 67.9 cm³/mol. The lowest BCUT2D eigenvalue weighted by Crippen LogP contribution is -1.96. The van der Waals surface area contributed by atoms with Gasteiger partial charge >= 0.3 is 0 Å². The van der Waals surface area contributed by atoms with Gasteiger partial charge in [-0.2, -0.15) is 0 Å². The number of hydrogen-bond acceptors (Lipinski definition) is 2. The third-order valence-electron chi connectivity index (χ3n) is 2.18. The van der Waals surface area contributed by atoms with Crippen LogP contribution < -0.4 is 4.74 Å². The molecule has 0 bridgehead atoms. The van der Waals surface area contributed by atoms with E-state index >= 15 is 0 Å². The number of halogens is 4. The number of ether oxygens (including phenoxy) is 1. The van der Waals surface area contributed by atoms with Crippen LogP contribution in [0.1, 0.15) is 5.56 Å². The Balaban J connectivity index is 2.37. The molecule has 2 aromatic rings. The molecule has 0 atom stereocenters. The molecule has 0 aliphatic heterocycles. The molecule has 0 N–H and O–H groups in total. The van der Waals surface area contributed by atoms with E-state index < -0.39 is 11.6 Å². The van der Waals surface area contributed by atoms with E-state index in [4.69, 9.17) is 16.3 Å². The van der Waals surface area contributed by atoms with Crippen LogP contribution in [0, 0.1) is 11.6 Å². The highest BCUT2D eigenvalue weighted by atomic mass is 79.9. The van der Waals surface area contributed by atoms with Crippen molar-refractivity contribution >= 4 is 27.5 Å². The third-order valence-corrected chi connectivity index (χ3v) is 3.12. The molecule has 1 aromatic heterocycles. The van der Waals surface area contributed by atoms with Gasteiger partial charge in [-0.3, -0.25) is 0 Å². The highest BCUT2D eigenvalue weighted by molar-refractivity contribution is 9.10. The number of alkyl halides is 1. The summed E-state index contributed by atoms with van der Waals surface area (Å²) in [7, 11) is 0. The van der Waals surface area contributed by atoms with Gasteiger partial charge < -0.3 is 4.74 Å². The van der Waals surface area contributed by atoms with Gasteiger partial charge in [-0.1, -0.05) is 0 Å². The van der Waals surface area contributed by atoms with Gasteiger partial charge in [-0.15, -0.1) is 11.6 Å². The largest absolute Gasteiger partial charge is 0.435 e. The minimum absolute atomic E-state index is 0.00896. The Morgan fingerprint density at radius 2 is 2.06 bits per heavy atom. The Morgan fingerprint density at radius 1 is 1.28 bits per heavy atom. The van der Waals surface area contributed by atoms with Crippen LogP contribution in [-0.4, -0.2) is 4.98 Å². The lowest BCUT2D eigenvalue weighted by Gasteiger charge is -2.09. The van der Waals surface area contributed by atoms with Gasteiger partial charge in [0.1, 0.15) is 11.6 Å². The molecule has 0 radical (unpaired) electrons. The molecule has 1 aromatic carbocycles. The number of benzene rings is 1. The first kappa shape index (κ1) is 13.2. The second-order valence-corrected chi connectivity index (χ2v) is 4.52. The SMILES string of the molecule is Fc1ccc(Br)c(Oc2nccc(CCl)c2F)c1. The lowest BCUT2D eigenvalue weighted by atomic mass is 10.3. The van der Waals surface area contributed by atoms with Gasteiger partial charge in [-0.05, 0) is 34.1 Å². The zero-order valence-corrected chi connectivity index (χ0v) is 11.3. The normalized spacial score (nSPS) is 10.4. The van der Waals surface area contributed by atoms with E-state index in [9.17, 15) is 8.78 Å². The molecule has 0 aliphatic rings. The smallest absolute Gasteiger partial charge is 0.256 e. The second-order valence-electron chi connectivity index (χ2n) is 3.40. The molecule has 0 spiro atoms. The van der Waals surface area contributed by atoms with Crippen LogP contribution in [0.2, 0.25) is 0 Å². The molecular weight excluding hydrogens is 327 g/mol. The Hall–Kier alpha value is -1.20. The van der Waals surface area contributed by atoms with Gasteiger partial charge in [0.05, 0.1) is 10.4 Å². The molecule has 18 heavy (non-hydrogen) atoms. The maximum atomic E-state index is 13.8. The molecule has 0 unspecified atom stereocenters. The topological polar surface area (TPSA) is 22.1 Å². The molecule has 0 aliphatic carbocycles. The monoisotopic (exact) mass is 333 g/mol. The quantitative estimate of drug-likeness (QED) is 0.762. The summed E-state index contributed by atoms with van der Waals surface area (Å²) in [6.45, 7) is 0. The number of pyridine rings is 1. The molecule has 1 heterocycles. The minimum atomic E-state index is -0.649. The molecule has 0 amide bonds. The summed E-state index contributed by atoms with van der Waals surface area (Å²) in [5.74, 6) is -1.21. The third kappa shape index (κ3) is 2.79. The van der Waals surface area contributed by atoms with E-state index in [0.29, 0.717) is 4.47 Å². The molecule has 0 fully saturated rings. The Kier molecular flexibility index (Phi) is 4.14. The van der Waals surface area contributed by atoms with Crippen molar-refractivity contribution in [2.45, 2.75) is 5.88 Å². The highest BCUT2D eigenvalue weighted by Gasteiger charge is 2.13. The highest BCUT2D eigenvalue weighted by Crippen LogP contribution is 2.31. The van der Waals surface area contributed by atoms with Crippen LogP contribution in [0.4, 0.5) is 8.78 Å². The van der Waals surface area contributed by atoms with Crippen LogP contribution in [0.3, 0.4) is 0 Å². The average molecular weight is 335 g/mol. The van der Waals surface area contributed by atoms with Crippen LogP contribution >= 0.6 is 27.5 Å². The van der Waals surface area contributed by atoms with Crippen molar-refractivity contribution < 1.29 is 13.5 Å². The van der Waals surface area contributed by atoms with Gasteiger partial charge in [0.2, 0.25) is 0 Å². The average Bonchev–Trinajstić information content (AvgIpc) is 2.36. The fraction of sp³-hybridized carbons (Fsp3) is 0.0833. The maximum Gasteiger partial charge on any atom is 0.256 e. The number of aromatic nitrogens is 1. The minimum Gasteiger partial charge on any atom is -0.435 e. The first-order valence-electron chi connectivity index (χ1n) is 4.94. The van der Waals surface area contributed by atoms with Crippen LogP contribution in [-0.2, 0) is 5.88 Å². The van der Waals surface area contributed by atoms with Gasteiger partial charge in [0.25, 0.3) is 5.88 Å². The van der Waals surface area contributed by atoms with Crippen molar-refractivity contribution in [2.75, 3.05) is 0 Å². The Bertz CT molecular complexity index is 580. The summed E-state index contributed by atoms with van der Waals surface area (Å²) < 4.78 is 32.6. The van der Waals surface area contributed by atoms with Crippen molar-refractivity contribution in [1.82, 2.24) is 4.98 Å². The maximum absolute atomic E-state index is 13.8. The lowest BCUT2D eigenvalue weighted by molar-refractivity contribution is 0.415. The molecule has 2 rings (SSSR count). The summed E-state index contributed by atoms with van der Waals surface area (Å²) in [6, 6.07) is 5.32. The number of hydrogen-bond donors (Lipinski definition) is 0. The zero-order chi connectivity index (χ0) is 13.1. The van der Waals surface area contributed by atoms with E-state index in [0.717, 1.165) is 6.07 Å². The Labute approximate surface area is 116 Å². The van der Waals surface area contributed by atoms with E-state index in [-0.39, 0.29) is 23.1 Å². The van der Waals surface area contributed by atoms with E-state index in [1.54, 1.807) is 0 Å². The molecule has 94 valence electrons. The first-order valence-corrected chi connectivity index (χ1v) is 6.27. The fourth-order valence-corrected chi connectivity index (χ4v) is 1.83. The summed E-state index contributed by atoms with van der Waals surface area (Å²) in [4.78, 5) is 3.75. The first-order chi connectivity index (χ1) is 8.61. The summed E-state index contributed by atoms with van der Waals surface area (Å²) >= 11 is 8.75. The molecular formula is C12H7BrClF2NO. The summed E-state index contributed by atoms with van der Waals surface area (Å²) in [5, 5.41) is 0. The summed E-state index contributed by atoms with van der Waals surface area (Å²) in [5.41, 5.74) is 0.272. The van der Waals surface area contributed by atoms with Crippen molar-refractivity contribution in [3.63, 3.8) is 0 Å². The van der Waals surface area contributed by atoms with Crippen molar-refractivity contribution in [3.05, 3.63) is 52.1 Å². The standard InChI is InChI=1S/C12H7BrClF2NO/c13-9-2-1-8(15)5-10(9)18-12-11(16)7(6-14)3-4-17-12/h1-5H,6H2. The van der Waals surface area contributed by atoms with Gasteiger partial charge in [0, 0.05) is 17.8 Å². The summed E-state index contributed by atoms with van der Waals surface area (Å²) in [6.07, 6.45) is 1.38. The van der Waals surface area contributed by atoms with Crippen molar-refractivity contribution in [3.8, 4) is 11.6 Å². The fourth-order valence-electron chi connectivity index (χ4n) is 1.30. The van der Waals surface area contributed by atoms with Crippen LogP contribution in [0.15, 0.2) is 34.9 Å². The van der Waals surface area contributed by atoms with Gasteiger partial charge in [0.15, 0.2) is 5.82 Å². The number of rotatable bonds is 3. The number of nitrogens with zero attached hydrogens (tertiary/aromatic N) is 1. The Morgan fingerprint density at radius 3 is 2.78 bits per heavy atom. The van der Waals surface area contributed by atoms with E-state index in [1.165, 1.54) is 24.4 Å². The molecule has 6 heteroatoms. The van der Waals surface area contributed by atoms with Crippen LogP contribution in [0.25, 0.3) is 0 Å².